The first-order valence-corrected chi connectivity index (χ1v) is 10.5. The van der Waals surface area contributed by atoms with Crippen molar-refractivity contribution < 1.29 is 4.57 Å². The molecule has 146 valence electrons. The Bertz CT molecular complexity index is 1420. The number of aromatic nitrogens is 3. The van der Waals surface area contributed by atoms with Crippen LogP contribution in [0.4, 0.5) is 0 Å². The highest BCUT2D eigenvalue weighted by molar-refractivity contribution is 6.11. The van der Waals surface area contributed by atoms with Gasteiger partial charge in [-0.1, -0.05) is 39.8 Å². The summed E-state index contributed by atoms with van der Waals surface area (Å²) in [5, 5.41) is 2.45. The maximum Gasteiger partial charge on any atom is 0.297 e. The van der Waals surface area contributed by atoms with Gasteiger partial charge < -0.3 is 0 Å². The van der Waals surface area contributed by atoms with Gasteiger partial charge in [-0.2, -0.15) is 4.40 Å². The van der Waals surface area contributed by atoms with E-state index in [4.69, 9.17) is 4.98 Å². The Morgan fingerprint density at radius 3 is 2.28 bits per heavy atom. The quantitative estimate of drug-likeness (QED) is 0.264. The average molecular weight is 383 g/mol. The molecule has 0 N–H and O–H groups in total. The third-order valence-electron chi connectivity index (χ3n) is 6.37. The average Bonchev–Trinajstić information content (AvgIpc) is 3.00. The van der Waals surface area contributed by atoms with E-state index in [1.807, 2.05) is 6.20 Å². The molecule has 0 aliphatic heterocycles. The van der Waals surface area contributed by atoms with Crippen molar-refractivity contribution in [3.05, 3.63) is 65.4 Å². The predicted octanol–water partition coefficient (Wildman–Crippen LogP) is 6.17. The molecule has 29 heavy (non-hydrogen) atoms. The molecule has 0 atom stereocenters. The van der Waals surface area contributed by atoms with Crippen LogP contribution in [-0.2, 0) is 7.05 Å². The number of pyridine rings is 2. The first kappa shape index (κ1) is 18.1. The van der Waals surface area contributed by atoms with Crippen LogP contribution in [0.3, 0.4) is 0 Å². The number of benzene rings is 2. The van der Waals surface area contributed by atoms with Gasteiger partial charge in [0.2, 0.25) is 0 Å². The molecule has 3 heteroatoms. The topological polar surface area (TPSA) is 21.2 Å². The number of imidazole rings is 1. The van der Waals surface area contributed by atoms with E-state index >= 15 is 0 Å². The molecule has 5 rings (SSSR count). The van der Waals surface area contributed by atoms with E-state index in [2.05, 4.69) is 93.1 Å². The van der Waals surface area contributed by atoms with Crippen LogP contribution in [0.1, 0.15) is 56.2 Å². The van der Waals surface area contributed by atoms with Gasteiger partial charge in [-0.15, -0.1) is 0 Å². The van der Waals surface area contributed by atoms with Gasteiger partial charge in [0, 0.05) is 11.6 Å². The fourth-order valence-electron chi connectivity index (χ4n) is 4.60. The van der Waals surface area contributed by atoms with Gasteiger partial charge in [0.15, 0.2) is 11.0 Å². The summed E-state index contributed by atoms with van der Waals surface area (Å²) in [6, 6.07) is 15.9. The molecule has 0 unspecified atom stereocenters. The molecule has 0 amide bonds. The molecule has 2 aromatic carbocycles. The zero-order chi connectivity index (χ0) is 20.4. The first-order valence-electron chi connectivity index (χ1n) is 10.5. The summed E-state index contributed by atoms with van der Waals surface area (Å²) in [6.45, 7) is 11.2. The summed E-state index contributed by atoms with van der Waals surface area (Å²) in [5.74, 6) is 0.991. The zero-order valence-electron chi connectivity index (χ0n) is 18.1. The minimum Gasteiger partial charge on any atom is -0.255 e. The van der Waals surface area contributed by atoms with Gasteiger partial charge in [0.1, 0.15) is 5.52 Å². The second-order valence-corrected chi connectivity index (χ2v) is 8.90. The molecule has 0 radical (unpaired) electrons. The van der Waals surface area contributed by atoms with E-state index in [1.54, 1.807) is 0 Å². The lowest BCUT2D eigenvalue weighted by molar-refractivity contribution is -0.617. The molecule has 5 aromatic rings. The Morgan fingerprint density at radius 1 is 0.862 bits per heavy atom. The SMILES string of the molecule is Cc1ccnc2c3ccc(C(C)C)cc3n3c4ccc(C(C)C)cc4[n+](C)c3c12. The first-order chi connectivity index (χ1) is 13.9. The number of fused-ring (bicyclic) bond motifs is 8. The molecule has 0 bridgehead atoms. The maximum absolute atomic E-state index is 4.83. The third-order valence-corrected chi connectivity index (χ3v) is 6.37. The van der Waals surface area contributed by atoms with Crippen LogP contribution in [0.2, 0.25) is 0 Å². The molecular weight excluding hydrogens is 354 g/mol. The Morgan fingerprint density at radius 2 is 1.55 bits per heavy atom. The standard InChI is InChI=1S/C26H28N3/c1-15(2)18-7-9-20-22(13-18)29-21-10-8-19(16(3)4)14-23(21)28(6)26(29)24-17(5)11-12-27-25(20)24/h7-16H,1-6H3/q+1. The normalized spacial score (nSPS) is 12.4. The zero-order valence-corrected chi connectivity index (χ0v) is 18.1. The van der Waals surface area contributed by atoms with E-state index < -0.39 is 0 Å². The highest BCUT2D eigenvalue weighted by Gasteiger charge is 2.25. The monoisotopic (exact) mass is 382 g/mol. The minimum atomic E-state index is 0.485. The number of aryl methyl sites for hydroxylation is 2. The number of hydrogen-bond acceptors (Lipinski definition) is 1. The van der Waals surface area contributed by atoms with Crippen molar-refractivity contribution in [3.63, 3.8) is 0 Å². The van der Waals surface area contributed by atoms with Gasteiger partial charge in [-0.25, -0.2) is 4.57 Å². The second kappa shape index (κ2) is 6.28. The Balaban J connectivity index is 2.11. The molecule has 0 saturated heterocycles. The lowest BCUT2D eigenvalue weighted by atomic mass is 9.99. The summed E-state index contributed by atoms with van der Waals surface area (Å²) in [7, 11) is 2.19. The fourth-order valence-corrected chi connectivity index (χ4v) is 4.60. The van der Waals surface area contributed by atoms with Gasteiger partial charge in [-0.05, 0) is 65.8 Å². The second-order valence-electron chi connectivity index (χ2n) is 8.90. The third kappa shape index (κ3) is 2.50. The maximum atomic E-state index is 4.83. The van der Waals surface area contributed by atoms with Crippen LogP contribution < -0.4 is 4.57 Å². The van der Waals surface area contributed by atoms with E-state index in [0.29, 0.717) is 11.8 Å². The lowest BCUT2D eigenvalue weighted by Gasteiger charge is -2.09. The van der Waals surface area contributed by atoms with Crippen LogP contribution in [0, 0.1) is 6.92 Å². The smallest absolute Gasteiger partial charge is 0.255 e. The molecule has 0 aliphatic rings. The van der Waals surface area contributed by atoms with Crippen molar-refractivity contribution in [2.24, 2.45) is 7.05 Å². The van der Waals surface area contributed by atoms with E-state index in [9.17, 15) is 0 Å². The summed E-state index contributed by atoms with van der Waals surface area (Å²) in [6.07, 6.45) is 1.93. The molecule has 3 heterocycles. The van der Waals surface area contributed by atoms with Crippen LogP contribution >= 0.6 is 0 Å². The molecule has 3 nitrogen and oxygen atoms in total. The van der Waals surface area contributed by atoms with E-state index in [1.165, 1.54) is 49.7 Å². The van der Waals surface area contributed by atoms with Gasteiger partial charge >= 0.3 is 0 Å². The molecule has 0 aliphatic carbocycles. The summed E-state index contributed by atoms with van der Waals surface area (Å²) in [4.78, 5) is 4.83. The van der Waals surface area contributed by atoms with E-state index in [-0.39, 0.29) is 0 Å². The largest absolute Gasteiger partial charge is 0.297 e. The van der Waals surface area contributed by atoms with Crippen LogP contribution in [-0.4, -0.2) is 9.38 Å². The number of rotatable bonds is 2. The molecule has 3 aromatic heterocycles. The van der Waals surface area contributed by atoms with Crippen molar-refractivity contribution in [2.75, 3.05) is 0 Å². The Kier molecular flexibility index (Phi) is 3.92. The number of hydrogen-bond donors (Lipinski definition) is 0. The fraction of sp³-hybridized carbons (Fsp3) is 0.308. The highest BCUT2D eigenvalue weighted by atomic mass is 15.1. The van der Waals surface area contributed by atoms with Gasteiger partial charge in [0.05, 0.1) is 18.0 Å². The lowest BCUT2D eigenvalue weighted by Crippen LogP contribution is -2.27. The highest BCUT2D eigenvalue weighted by Crippen LogP contribution is 2.34. The van der Waals surface area contributed by atoms with Crippen LogP contribution in [0.5, 0.6) is 0 Å². The van der Waals surface area contributed by atoms with Crippen molar-refractivity contribution in [1.29, 1.82) is 0 Å². The van der Waals surface area contributed by atoms with E-state index in [0.717, 1.165) is 5.52 Å². The Labute approximate surface area is 171 Å². The molecular formula is C26H28N3+. The number of nitrogens with zero attached hydrogens (tertiary/aromatic N) is 3. The van der Waals surface area contributed by atoms with Crippen LogP contribution in [0.15, 0.2) is 48.7 Å². The molecule has 0 fully saturated rings. The molecule has 0 saturated carbocycles. The van der Waals surface area contributed by atoms with Crippen molar-refractivity contribution in [1.82, 2.24) is 9.38 Å². The summed E-state index contributed by atoms with van der Waals surface area (Å²) >= 11 is 0. The summed E-state index contributed by atoms with van der Waals surface area (Å²) in [5.41, 5.74) is 10.0. The van der Waals surface area contributed by atoms with Crippen molar-refractivity contribution in [3.8, 4) is 0 Å². The van der Waals surface area contributed by atoms with Crippen molar-refractivity contribution in [2.45, 2.75) is 46.5 Å². The minimum absolute atomic E-state index is 0.485. The Hall–Kier alpha value is -2.94. The molecule has 0 spiro atoms. The van der Waals surface area contributed by atoms with Crippen LogP contribution in [0.25, 0.3) is 38.5 Å². The van der Waals surface area contributed by atoms with Gasteiger partial charge in [0.25, 0.3) is 5.65 Å². The summed E-state index contributed by atoms with van der Waals surface area (Å²) < 4.78 is 4.79. The predicted molar refractivity (Wildman–Crippen MR) is 122 cm³/mol. The van der Waals surface area contributed by atoms with Crippen molar-refractivity contribution >= 4 is 38.5 Å². The van der Waals surface area contributed by atoms with Gasteiger partial charge in [-0.3, -0.25) is 4.98 Å².